The summed E-state index contributed by atoms with van der Waals surface area (Å²) in [5.41, 5.74) is -0.0910. The largest absolute Gasteiger partial charge is 0.395 e. The summed E-state index contributed by atoms with van der Waals surface area (Å²) in [6, 6.07) is 3.65. The van der Waals surface area contributed by atoms with Gasteiger partial charge >= 0.3 is 0 Å². The topological polar surface area (TPSA) is 101 Å². The molecule has 1 saturated heterocycles. The van der Waals surface area contributed by atoms with E-state index in [-0.39, 0.29) is 24.0 Å². The average Bonchev–Trinajstić information content (AvgIpc) is 2.79. The lowest BCUT2D eigenvalue weighted by Gasteiger charge is -2.25. The molecule has 0 saturated carbocycles. The van der Waals surface area contributed by atoms with E-state index in [1.807, 2.05) is 6.92 Å². The maximum absolute atomic E-state index is 12.8. The lowest BCUT2D eigenvalue weighted by molar-refractivity contribution is -0.387. The monoisotopic (exact) mass is 314 g/mol. The van der Waals surface area contributed by atoms with Crippen molar-refractivity contribution in [1.82, 2.24) is 4.31 Å². The van der Waals surface area contributed by atoms with Crippen molar-refractivity contribution in [2.45, 2.75) is 31.2 Å². The third-order valence-electron chi connectivity index (χ3n) is 3.97. The van der Waals surface area contributed by atoms with Crippen LogP contribution in [0.2, 0.25) is 0 Å². The number of aliphatic hydroxyl groups excluding tert-OH is 1. The Morgan fingerprint density at radius 1 is 1.48 bits per heavy atom. The Morgan fingerprint density at radius 3 is 2.71 bits per heavy atom. The molecule has 0 spiro atoms. The standard InChI is InChI=1S/C13H18N2O5S/c1-9-6-7-14(12(9)8-16)21(19,20)13-10(2)4-3-5-11(13)15(17)18/h3-5,9,12,16H,6-8H2,1-2H3. The van der Waals surface area contributed by atoms with Crippen LogP contribution in [0.1, 0.15) is 18.9 Å². The van der Waals surface area contributed by atoms with E-state index in [2.05, 4.69) is 0 Å². The van der Waals surface area contributed by atoms with Gasteiger partial charge in [0.05, 0.1) is 17.6 Å². The summed E-state index contributed by atoms with van der Waals surface area (Å²) >= 11 is 0. The van der Waals surface area contributed by atoms with Gasteiger partial charge in [0.25, 0.3) is 15.7 Å². The quantitative estimate of drug-likeness (QED) is 0.666. The second-order valence-corrected chi connectivity index (χ2v) is 7.14. The number of nitro groups is 1. The first-order chi connectivity index (χ1) is 9.80. The number of nitrogens with zero attached hydrogens (tertiary/aromatic N) is 2. The molecule has 1 heterocycles. The molecular weight excluding hydrogens is 296 g/mol. The highest BCUT2D eigenvalue weighted by molar-refractivity contribution is 7.89. The van der Waals surface area contributed by atoms with Crippen LogP contribution in [-0.2, 0) is 10.0 Å². The van der Waals surface area contributed by atoms with Crippen LogP contribution in [0.25, 0.3) is 0 Å². The molecule has 1 aromatic carbocycles. The molecule has 2 atom stereocenters. The second-order valence-electron chi connectivity index (χ2n) is 5.31. The van der Waals surface area contributed by atoms with Gasteiger partial charge in [0.2, 0.25) is 0 Å². The minimum Gasteiger partial charge on any atom is -0.395 e. The molecule has 0 aliphatic carbocycles. The summed E-state index contributed by atoms with van der Waals surface area (Å²) in [7, 11) is -4.01. The molecule has 2 unspecified atom stereocenters. The van der Waals surface area contributed by atoms with Gasteiger partial charge in [-0.1, -0.05) is 19.1 Å². The van der Waals surface area contributed by atoms with E-state index >= 15 is 0 Å². The van der Waals surface area contributed by atoms with Crippen LogP contribution in [0.4, 0.5) is 5.69 Å². The minimum atomic E-state index is -4.01. The zero-order valence-corrected chi connectivity index (χ0v) is 12.7. The Balaban J connectivity index is 2.58. The highest BCUT2D eigenvalue weighted by Crippen LogP contribution is 2.35. The number of hydrogen-bond donors (Lipinski definition) is 1. The van der Waals surface area contributed by atoms with E-state index < -0.39 is 26.7 Å². The van der Waals surface area contributed by atoms with Crippen molar-refractivity contribution in [2.24, 2.45) is 5.92 Å². The smallest absolute Gasteiger partial charge is 0.289 e. The summed E-state index contributed by atoms with van der Waals surface area (Å²) < 4.78 is 26.8. The van der Waals surface area contributed by atoms with Crippen LogP contribution in [0.15, 0.2) is 23.1 Å². The molecule has 0 aromatic heterocycles. The molecule has 1 aromatic rings. The summed E-state index contributed by atoms with van der Waals surface area (Å²) in [5, 5.41) is 20.5. The second kappa shape index (κ2) is 5.70. The van der Waals surface area contributed by atoms with Crippen molar-refractivity contribution < 1.29 is 18.4 Å². The summed E-state index contributed by atoms with van der Waals surface area (Å²) in [6.07, 6.45) is 0.629. The van der Waals surface area contributed by atoms with Crippen LogP contribution in [-0.4, -0.2) is 41.9 Å². The molecular formula is C13H18N2O5S. The zero-order valence-electron chi connectivity index (χ0n) is 11.9. The Hall–Kier alpha value is -1.51. The predicted molar refractivity (Wildman–Crippen MR) is 76.4 cm³/mol. The van der Waals surface area contributed by atoms with Crippen molar-refractivity contribution in [3.63, 3.8) is 0 Å². The Morgan fingerprint density at radius 2 is 2.14 bits per heavy atom. The van der Waals surface area contributed by atoms with Crippen LogP contribution in [0, 0.1) is 23.0 Å². The Labute approximate surface area is 123 Å². The molecule has 1 fully saturated rings. The van der Waals surface area contributed by atoms with Gasteiger partial charge in [-0.3, -0.25) is 10.1 Å². The fourth-order valence-corrected chi connectivity index (χ4v) is 4.87. The molecule has 0 radical (unpaired) electrons. The van der Waals surface area contributed by atoms with Crippen LogP contribution >= 0.6 is 0 Å². The van der Waals surface area contributed by atoms with Crippen LogP contribution in [0.5, 0.6) is 0 Å². The molecule has 21 heavy (non-hydrogen) atoms. The van der Waals surface area contributed by atoms with Gasteiger partial charge in [-0.25, -0.2) is 8.42 Å². The number of aryl methyl sites for hydroxylation is 1. The third-order valence-corrected chi connectivity index (χ3v) is 6.09. The van der Waals surface area contributed by atoms with Gasteiger partial charge in [-0.2, -0.15) is 4.31 Å². The van der Waals surface area contributed by atoms with Gasteiger partial charge in [0.15, 0.2) is 4.90 Å². The Bertz CT molecular complexity index is 659. The van der Waals surface area contributed by atoms with Gasteiger partial charge in [-0.15, -0.1) is 0 Å². The van der Waals surface area contributed by atoms with Crippen molar-refractivity contribution in [1.29, 1.82) is 0 Å². The fourth-order valence-electron chi connectivity index (χ4n) is 2.78. The molecule has 0 bridgehead atoms. The number of hydrogen-bond acceptors (Lipinski definition) is 5. The normalized spacial score (nSPS) is 23.4. The highest BCUT2D eigenvalue weighted by atomic mass is 32.2. The summed E-state index contributed by atoms with van der Waals surface area (Å²) in [6.45, 7) is 3.37. The van der Waals surface area contributed by atoms with Crippen molar-refractivity contribution in [3.8, 4) is 0 Å². The number of benzene rings is 1. The molecule has 1 aliphatic heterocycles. The maximum atomic E-state index is 12.8. The average molecular weight is 314 g/mol. The minimum absolute atomic E-state index is 0.0212. The first kappa shape index (κ1) is 15.9. The number of nitro benzene ring substituents is 1. The molecule has 116 valence electrons. The first-order valence-corrected chi connectivity index (χ1v) is 8.11. The molecule has 2 rings (SSSR count). The molecule has 7 nitrogen and oxygen atoms in total. The van der Waals surface area contributed by atoms with Gasteiger partial charge in [0.1, 0.15) is 0 Å². The van der Waals surface area contributed by atoms with Crippen molar-refractivity contribution in [2.75, 3.05) is 13.2 Å². The van der Waals surface area contributed by atoms with E-state index in [9.17, 15) is 23.6 Å². The van der Waals surface area contributed by atoms with Crippen molar-refractivity contribution in [3.05, 3.63) is 33.9 Å². The van der Waals surface area contributed by atoms with E-state index in [1.165, 1.54) is 29.4 Å². The van der Waals surface area contributed by atoms with Gasteiger partial charge < -0.3 is 5.11 Å². The molecule has 1 N–H and O–H groups in total. The van der Waals surface area contributed by atoms with E-state index in [0.717, 1.165) is 0 Å². The molecule has 0 amide bonds. The highest BCUT2D eigenvalue weighted by Gasteiger charge is 2.42. The fraction of sp³-hybridized carbons (Fsp3) is 0.538. The van der Waals surface area contributed by atoms with Gasteiger partial charge in [0, 0.05) is 12.6 Å². The SMILES string of the molecule is Cc1cccc([N+](=O)[O-])c1S(=O)(=O)N1CCC(C)C1CO. The zero-order chi connectivity index (χ0) is 15.8. The Kier molecular flexibility index (Phi) is 4.31. The number of aliphatic hydroxyl groups is 1. The van der Waals surface area contributed by atoms with E-state index in [1.54, 1.807) is 0 Å². The number of rotatable bonds is 4. The maximum Gasteiger partial charge on any atom is 0.289 e. The lowest BCUT2D eigenvalue weighted by Crippen LogP contribution is -2.40. The van der Waals surface area contributed by atoms with E-state index in [0.29, 0.717) is 12.0 Å². The summed E-state index contributed by atoms with van der Waals surface area (Å²) in [5.74, 6) is 0.0212. The van der Waals surface area contributed by atoms with Gasteiger partial charge in [-0.05, 0) is 24.8 Å². The lowest BCUT2D eigenvalue weighted by atomic mass is 10.0. The number of sulfonamides is 1. The first-order valence-electron chi connectivity index (χ1n) is 6.67. The molecule has 1 aliphatic rings. The van der Waals surface area contributed by atoms with E-state index in [4.69, 9.17) is 0 Å². The predicted octanol–water partition coefficient (Wildman–Crippen LogP) is 1.29. The van der Waals surface area contributed by atoms with Crippen LogP contribution < -0.4 is 0 Å². The summed E-state index contributed by atoms with van der Waals surface area (Å²) in [4.78, 5) is 10.2. The van der Waals surface area contributed by atoms with Crippen LogP contribution in [0.3, 0.4) is 0 Å². The van der Waals surface area contributed by atoms with Crippen molar-refractivity contribution >= 4 is 15.7 Å². The molecule has 8 heteroatoms. The third kappa shape index (κ3) is 2.66.